The quantitative estimate of drug-likeness (QED) is 0.571. The molecule has 1 aromatic carbocycles. The van der Waals surface area contributed by atoms with Gasteiger partial charge in [0.1, 0.15) is 11.7 Å². The zero-order valence-electron chi connectivity index (χ0n) is 15.1. The molecule has 0 radical (unpaired) electrons. The maximum Gasteiger partial charge on any atom is 0.287 e. The summed E-state index contributed by atoms with van der Waals surface area (Å²) >= 11 is 0. The van der Waals surface area contributed by atoms with Crippen LogP contribution in [-0.2, 0) is 16.0 Å². The van der Waals surface area contributed by atoms with E-state index >= 15 is 0 Å². The fraction of sp³-hybridized carbons (Fsp3) is 0.158. The molecule has 0 aliphatic rings. The van der Waals surface area contributed by atoms with E-state index in [2.05, 4.69) is 20.4 Å². The summed E-state index contributed by atoms with van der Waals surface area (Å²) in [6, 6.07) is 11.1. The maximum atomic E-state index is 12.8. The maximum absolute atomic E-state index is 12.8. The second-order valence-corrected chi connectivity index (χ2v) is 6.08. The lowest BCUT2D eigenvalue weighted by Crippen LogP contribution is -2.47. The van der Waals surface area contributed by atoms with Gasteiger partial charge in [-0.2, -0.15) is 9.78 Å². The lowest BCUT2D eigenvalue weighted by molar-refractivity contribution is -0.137. The Bertz CT molecular complexity index is 1000. The molecule has 0 aliphatic heterocycles. The molecule has 142 valence electrons. The molecule has 9 heteroatoms. The van der Waals surface area contributed by atoms with E-state index in [-0.39, 0.29) is 18.1 Å². The number of nitrogens with one attached hydrogen (secondary N) is 1. The van der Waals surface area contributed by atoms with Gasteiger partial charge in [-0.25, -0.2) is 9.97 Å². The smallest absolute Gasteiger partial charge is 0.287 e. The fourth-order valence-corrected chi connectivity index (χ4v) is 2.68. The Hall–Kier alpha value is -3.88. The molecule has 0 spiro atoms. The molecule has 3 rings (SSSR count). The van der Waals surface area contributed by atoms with Crippen LogP contribution >= 0.6 is 0 Å². The van der Waals surface area contributed by atoms with Gasteiger partial charge in [-0.15, -0.1) is 0 Å². The Morgan fingerprint density at radius 1 is 1.11 bits per heavy atom. The van der Waals surface area contributed by atoms with Gasteiger partial charge < -0.3 is 11.1 Å². The highest BCUT2D eigenvalue weighted by atomic mass is 16.2. The first-order chi connectivity index (χ1) is 13.5. The predicted molar refractivity (Wildman–Crippen MR) is 99.5 cm³/mol. The van der Waals surface area contributed by atoms with E-state index in [9.17, 15) is 14.4 Å². The first-order valence-electron chi connectivity index (χ1n) is 8.48. The van der Waals surface area contributed by atoms with Gasteiger partial charge in [0.25, 0.3) is 17.8 Å². The molecule has 1 atom stereocenters. The third-order valence-corrected chi connectivity index (χ3v) is 3.95. The summed E-state index contributed by atoms with van der Waals surface area (Å²) < 4.78 is 1.28. The van der Waals surface area contributed by atoms with Crippen LogP contribution < -0.4 is 11.1 Å². The molecule has 2 aromatic heterocycles. The first kappa shape index (κ1) is 18.9. The zero-order chi connectivity index (χ0) is 20.1. The highest BCUT2D eigenvalue weighted by Crippen LogP contribution is 2.10. The number of aromatic nitrogens is 4. The van der Waals surface area contributed by atoms with Gasteiger partial charge in [-0.05, 0) is 24.6 Å². The fourth-order valence-electron chi connectivity index (χ4n) is 2.68. The van der Waals surface area contributed by atoms with Crippen molar-refractivity contribution < 1.29 is 14.4 Å². The van der Waals surface area contributed by atoms with Crippen LogP contribution in [0, 0.1) is 6.92 Å². The minimum absolute atomic E-state index is 0.128. The Morgan fingerprint density at radius 3 is 2.43 bits per heavy atom. The molecule has 0 saturated heterocycles. The van der Waals surface area contributed by atoms with Crippen LogP contribution in [0.2, 0.25) is 0 Å². The number of primary amides is 1. The number of hydrogen-bond donors (Lipinski definition) is 2. The van der Waals surface area contributed by atoms with E-state index in [0.29, 0.717) is 5.69 Å². The lowest BCUT2D eigenvalue weighted by atomic mass is 10.0. The molecule has 28 heavy (non-hydrogen) atoms. The summed E-state index contributed by atoms with van der Waals surface area (Å²) in [6.45, 7) is 1.71. The van der Waals surface area contributed by atoms with E-state index in [0.717, 1.165) is 5.56 Å². The van der Waals surface area contributed by atoms with Gasteiger partial charge in [-0.1, -0.05) is 30.3 Å². The number of Topliss-reactive ketones (excluding diaryl/α,β-unsaturated/α-hetero) is 1. The summed E-state index contributed by atoms with van der Waals surface area (Å²) in [5.74, 6) is -2.38. The summed E-state index contributed by atoms with van der Waals surface area (Å²) in [4.78, 5) is 44.7. The van der Waals surface area contributed by atoms with Crippen LogP contribution in [0.5, 0.6) is 0 Å². The number of carbonyl (C=O) groups is 3. The Morgan fingerprint density at radius 2 is 1.79 bits per heavy atom. The van der Waals surface area contributed by atoms with Gasteiger partial charge >= 0.3 is 0 Å². The Kier molecular flexibility index (Phi) is 5.54. The van der Waals surface area contributed by atoms with Crippen LogP contribution in [0.4, 0.5) is 0 Å². The van der Waals surface area contributed by atoms with E-state index in [1.807, 2.05) is 6.07 Å². The van der Waals surface area contributed by atoms with Crippen molar-refractivity contribution in [1.29, 1.82) is 0 Å². The molecule has 3 N–H and O–H groups in total. The second kappa shape index (κ2) is 8.21. The average Bonchev–Trinajstić information content (AvgIpc) is 3.10. The van der Waals surface area contributed by atoms with Crippen molar-refractivity contribution >= 4 is 17.6 Å². The number of nitrogens with two attached hydrogens (primary N) is 1. The number of rotatable bonds is 7. The number of amides is 2. The number of ketones is 1. The number of benzene rings is 1. The number of nitrogens with zero attached hydrogens (tertiary/aromatic N) is 4. The van der Waals surface area contributed by atoms with Crippen molar-refractivity contribution in [3.8, 4) is 5.95 Å². The van der Waals surface area contributed by atoms with Gasteiger partial charge in [0, 0.05) is 18.8 Å². The monoisotopic (exact) mass is 378 g/mol. The van der Waals surface area contributed by atoms with Crippen molar-refractivity contribution in [3.05, 3.63) is 71.8 Å². The highest BCUT2D eigenvalue weighted by molar-refractivity contribution is 6.38. The topological polar surface area (TPSA) is 133 Å². The van der Waals surface area contributed by atoms with Crippen molar-refractivity contribution in [3.63, 3.8) is 0 Å². The Labute approximate surface area is 160 Å². The molecule has 0 aliphatic carbocycles. The van der Waals surface area contributed by atoms with E-state index < -0.39 is 23.6 Å². The number of hydrogen-bond acceptors (Lipinski definition) is 6. The molecular formula is C19H18N6O3. The van der Waals surface area contributed by atoms with E-state index in [4.69, 9.17) is 5.73 Å². The number of aryl methyl sites for hydroxylation is 1. The summed E-state index contributed by atoms with van der Waals surface area (Å²) in [6.07, 6.45) is 3.18. The number of carbonyl (C=O) groups excluding carboxylic acids is 3. The molecule has 0 bridgehead atoms. The van der Waals surface area contributed by atoms with E-state index in [1.165, 1.54) is 17.1 Å². The summed E-state index contributed by atoms with van der Waals surface area (Å²) in [7, 11) is 0. The van der Waals surface area contributed by atoms with Crippen molar-refractivity contribution in [2.75, 3.05) is 0 Å². The van der Waals surface area contributed by atoms with Gasteiger partial charge in [-0.3, -0.25) is 14.4 Å². The molecule has 0 saturated carbocycles. The minimum atomic E-state index is -1.11. The van der Waals surface area contributed by atoms with Crippen molar-refractivity contribution in [2.24, 2.45) is 5.73 Å². The standard InChI is InChI=1S/C19H18N6O3/c1-12-10-15(25(24-12)19-21-8-5-9-22-19)18(28)23-14(16(26)17(20)27)11-13-6-3-2-4-7-13/h2-10,14H,11H2,1H3,(H2,20,27)(H,23,28)/t14-/m0/s1. The van der Waals surface area contributed by atoms with Crippen molar-refractivity contribution in [2.45, 2.75) is 19.4 Å². The van der Waals surface area contributed by atoms with Crippen LogP contribution in [-0.4, -0.2) is 43.4 Å². The highest BCUT2D eigenvalue weighted by Gasteiger charge is 2.27. The van der Waals surface area contributed by atoms with Crippen LogP contribution in [0.3, 0.4) is 0 Å². The van der Waals surface area contributed by atoms with Crippen LogP contribution in [0.15, 0.2) is 54.9 Å². The SMILES string of the molecule is Cc1cc(C(=O)N[C@@H](Cc2ccccc2)C(=O)C(N)=O)n(-c2ncccn2)n1. The first-order valence-corrected chi connectivity index (χ1v) is 8.48. The van der Waals surface area contributed by atoms with E-state index in [1.54, 1.807) is 43.3 Å². The molecule has 0 unspecified atom stereocenters. The summed E-state index contributed by atoms with van der Waals surface area (Å²) in [5.41, 5.74) is 6.64. The third-order valence-electron chi connectivity index (χ3n) is 3.95. The normalized spacial score (nSPS) is 11.6. The Balaban J connectivity index is 1.88. The largest absolute Gasteiger partial charge is 0.363 e. The van der Waals surface area contributed by atoms with Crippen LogP contribution in [0.25, 0.3) is 5.95 Å². The van der Waals surface area contributed by atoms with Gasteiger partial charge in [0.05, 0.1) is 5.69 Å². The zero-order valence-corrected chi connectivity index (χ0v) is 15.1. The third kappa shape index (κ3) is 4.26. The van der Waals surface area contributed by atoms with Gasteiger partial charge in [0.2, 0.25) is 5.78 Å². The van der Waals surface area contributed by atoms with Crippen molar-refractivity contribution in [1.82, 2.24) is 25.1 Å². The molecule has 2 heterocycles. The minimum Gasteiger partial charge on any atom is -0.363 e. The predicted octanol–water partition coefficient (Wildman–Crippen LogP) is 0.366. The molecular weight excluding hydrogens is 360 g/mol. The van der Waals surface area contributed by atoms with Crippen LogP contribution in [0.1, 0.15) is 21.7 Å². The second-order valence-electron chi connectivity index (χ2n) is 6.08. The molecule has 0 fully saturated rings. The molecule has 2 amide bonds. The lowest BCUT2D eigenvalue weighted by Gasteiger charge is -2.16. The molecule has 9 nitrogen and oxygen atoms in total. The molecule has 3 aromatic rings. The summed E-state index contributed by atoms with van der Waals surface area (Å²) in [5, 5.41) is 6.81. The van der Waals surface area contributed by atoms with Gasteiger partial charge in [0.15, 0.2) is 0 Å². The average molecular weight is 378 g/mol.